The zero-order chi connectivity index (χ0) is 14.5. The smallest absolute Gasteiger partial charge is 0.0410 e. The van der Waals surface area contributed by atoms with E-state index >= 15 is 0 Å². The fourth-order valence-electron chi connectivity index (χ4n) is 2.75. The molecule has 1 aliphatic rings. The molecule has 0 radical (unpaired) electrons. The van der Waals surface area contributed by atoms with Gasteiger partial charge in [0.25, 0.3) is 0 Å². The summed E-state index contributed by atoms with van der Waals surface area (Å²) in [5.74, 6) is 0. The number of aromatic nitrogens is 1. The average Bonchev–Trinajstić information content (AvgIpc) is 2.50. The van der Waals surface area contributed by atoms with Crippen molar-refractivity contribution >= 4 is 15.9 Å². The van der Waals surface area contributed by atoms with Crippen molar-refractivity contribution in [1.29, 1.82) is 0 Å². The summed E-state index contributed by atoms with van der Waals surface area (Å²) in [6.45, 7) is 6.57. The van der Waals surface area contributed by atoms with Crippen LogP contribution in [-0.4, -0.2) is 41.0 Å². The molecule has 21 heavy (non-hydrogen) atoms. The van der Waals surface area contributed by atoms with Crippen LogP contribution in [0.5, 0.6) is 0 Å². The van der Waals surface area contributed by atoms with Crippen molar-refractivity contribution in [2.24, 2.45) is 0 Å². The molecule has 0 spiro atoms. The van der Waals surface area contributed by atoms with Gasteiger partial charge in [-0.1, -0.05) is 30.3 Å². The minimum absolute atomic E-state index is 0.992. The van der Waals surface area contributed by atoms with Crippen molar-refractivity contribution in [3.8, 4) is 0 Å². The zero-order valence-electron chi connectivity index (χ0n) is 12.1. The highest BCUT2D eigenvalue weighted by atomic mass is 79.9. The molecule has 0 saturated carbocycles. The van der Waals surface area contributed by atoms with Crippen LogP contribution in [0, 0.1) is 0 Å². The van der Waals surface area contributed by atoms with Gasteiger partial charge in [0, 0.05) is 56.1 Å². The van der Waals surface area contributed by atoms with Gasteiger partial charge in [-0.05, 0) is 33.1 Å². The first kappa shape index (κ1) is 14.7. The molecular weight excluding hydrogens is 326 g/mol. The molecular formula is C17H20BrN3. The lowest BCUT2D eigenvalue weighted by atomic mass is 10.2. The monoisotopic (exact) mass is 345 g/mol. The largest absolute Gasteiger partial charge is 0.297 e. The third kappa shape index (κ3) is 4.37. The van der Waals surface area contributed by atoms with Crippen LogP contribution >= 0.6 is 15.9 Å². The Morgan fingerprint density at radius 1 is 0.857 bits per heavy atom. The number of hydrogen-bond acceptors (Lipinski definition) is 3. The number of piperazine rings is 1. The van der Waals surface area contributed by atoms with Crippen molar-refractivity contribution in [1.82, 2.24) is 14.8 Å². The van der Waals surface area contributed by atoms with E-state index in [0.717, 1.165) is 43.7 Å². The molecule has 1 saturated heterocycles. The van der Waals surface area contributed by atoms with E-state index in [1.807, 2.05) is 12.4 Å². The Balaban J connectivity index is 1.49. The summed E-state index contributed by atoms with van der Waals surface area (Å²) < 4.78 is 1.06. The van der Waals surface area contributed by atoms with E-state index in [-0.39, 0.29) is 0 Å². The van der Waals surface area contributed by atoms with E-state index in [2.05, 4.69) is 67.1 Å². The number of pyridine rings is 1. The Morgan fingerprint density at radius 2 is 1.48 bits per heavy atom. The summed E-state index contributed by atoms with van der Waals surface area (Å²) in [6.07, 6.45) is 3.79. The summed E-state index contributed by atoms with van der Waals surface area (Å²) in [6, 6.07) is 12.9. The van der Waals surface area contributed by atoms with Gasteiger partial charge in [-0.15, -0.1) is 0 Å². The number of rotatable bonds is 4. The lowest BCUT2D eigenvalue weighted by molar-refractivity contribution is 0.122. The van der Waals surface area contributed by atoms with Gasteiger partial charge in [-0.2, -0.15) is 0 Å². The second kappa shape index (κ2) is 7.16. The van der Waals surface area contributed by atoms with Gasteiger partial charge in [-0.25, -0.2) is 0 Å². The summed E-state index contributed by atoms with van der Waals surface area (Å²) in [5, 5.41) is 0. The lowest BCUT2D eigenvalue weighted by Crippen LogP contribution is -2.45. The molecule has 0 N–H and O–H groups in total. The SMILES string of the molecule is Brc1cncc(CN2CCN(Cc3ccccc3)CC2)c1. The van der Waals surface area contributed by atoms with E-state index in [9.17, 15) is 0 Å². The van der Waals surface area contributed by atoms with Crippen LogP contribution in [-0.2, 0) is 13.1 Å². The molecule has 110 valence electrons. The van der Waals surface area contributed by atoms with Crippen LogP contribution in [0.25, 0.3) is 0 Å². The molecule has 0 amide bonds. The number of nitrogens with zero attached hydrogens (tertiary/aromatic N) is 3. The minimum atomic E-state index is 0.992. The molecule has 1 aromatic carbocycles. The second-order valence-electron chi connectivity index (χ2n) is 5.55. The fourth-order valence-corrected chi connectivity index (χ4v) is 3.16. The highest BCUT2D eigenvalue weighted by Crippen LogP contribution is 2.14. The van der Waals surface area contributed by atoms with Crippen LogP contribution in [0.2, 0.25) is 0 Å². The number of benzene rings is 1. The van der Waals surface area contributed by atoms with Crippen molar-refractivity contribution in [2.45, 2.75) is 13.1 Å². The van der Waals surface area contributed by atoms with Crippen molar-refractivity contribution in [2.75, 3.05) is 26.2 Å². The Bertz CT molecular complexity index is 565. The molecule has 3 rings (SSSR count). The van der Waals surface area contributed by atoms with E-state index in [0.29, 0.717) is 0 Å². The van der Waals surface area contributed by atoms with Crippen LogP contribution < -0.4 is 0 Å². The maximum absolute atomic E-state index is 4.24. The molecule has 0 aliphatic carbocycles. The second-order valence-corrected chi connectivity index (χ2v) is 6.46. The predicted molar refractivity (Wildman–Crippen MR) is 88.9 cm³/mol. The highest BCUT2D eigenvalue weighted by Gasteiger charge is 2.17. The molecule has 0 atom stereocenters. The molecule has 3 nitrogen and oxygen atoms in total. The van der Waals surface area contributed by atoms with Gasteiger partial charge in [0.15, 0.2) is 0 Å². The van der Waals surface area contributed by atoms with Crippen LogP contribution in [0.3, 0.4) is 0 Å². The quantitative estimate of drug-likeness (QED) is 0.848. The van der Waals surface area contributed by atoms with E-state index in [4.69, 9.17) is 0 Å². The topological polar surface area (TPSA) is 19.4 Å². The predicted octanol–water partition coefficient (Wildman–Crippen LogP) is 3.16. The molecule has 4 heteroatoms. The minimum Gasteiger partial charge on any atom is -0.297 e. The summed E-state index contributed by atoms with van der Waals surface area (Å²) >= 11 is 3.48. The molecule has 0 unspecified atom stereocenters. The maximum atomic E-state index is 4.24. The van der Waals surface area contributed by atoms with Crippen molar-refractivity contribution in [3.63, 3.8) is 0 Å². The summed E-state index contributed by atoms with van der Waals surface area (Å²) in [4.78, 5) is 9.27. The Kier molecular flexibility index (Phi) is 5.01. The van der Waals surface area contributed by atoms with Gasteiger partial charge in [-0.3, -0.25) is 14.8 Å². The Hall–Kier alpha value is -1.23. The summed E-state index contributed by atoms with van der Waals surface area (Å²) in [5.41, 5.74) is 2.68. The van der Waals surface area contributed by atoms with E-state index < -0.39 is 0 Å². The third-order valence-corrected chi connectivity index (χ3v) is 4.32. The third-order valence-electron chi connectivity index (χ3n) is 3.88. The maximum Gasteiger partial charge on any atom is 0.0410 e. The number of hydrogen-bond donors (Lipinski definition) is 0. The van der Waals surface area contributed by atoms with E-state index in [1.165, 1.54) is 11.1 Å². The van der Waals surface area contributed by atoms with Gasteiger partial charge >= 0.3 is 0 Å². The van der Waals surface area contributed by atoms with Gasteiger partial charge < -0.3 is 0 Å². The molecule has 1 aliphatic heterocycles. The normalized spacial score (nSPS) is 17.0. The first-order valence-corrected chi connectivity index (χ1v) is 8.17. The molecule has 1 fully saturated rings. The lowest BCUT2D eigenvalue weighted by Gasteiger charge is -2.34. The molecule has 1 aromatic heterocycles. The van der Waals surface area contributed by atoms with E-state index in [1.54, 1.807) is 0 Å². The van der Waals surface area contributed by atoms with Crippen molar-refractivity contribution in [3.05, 3.63) is 64.4 Å². The van der Waals surface area contributed by atoms with Gasteiger partial charge in [0.05, 0.1) is 0 Å². The highest BCUT2D eigenvalue weighted by molar-refractivity contribution is 9.10. The van der Waals surface area contributed by atoms with Crippen molar-refractivity contribution < 1.29 is 0 Å². The van der Waals surface area contributed by atoms with Gasteiger partial charge in [0.1, 0.15) is 0 Å². The van der Waals surface area contributed by atoms with Crippen LogP contribution in [0.1, 0.15) is 11.1 Å². The fraction of sp³-hybridized carbons (Fsp3) is 0.353. The Labute approximate surface area is 134 Å². The van der Waals surface area contributed by atoms with Gasteiger partial charge in [0.2, 0.25) is 0 Å². The average molecular weight is 346 g/mol. The van der Waals surface area contributed by atoms with Crippen LogP contribution in [0.15, 0.2) is 53.3 Å². The first-order chi connectivity index (χ1) is 10.3. The summed E-state index contributed by atoms with van der Waals surface area (Å²) in [7, 11) is 0. The molecule has 2 aromatic rings. The zero-order valence-corrected chi connectivity index (χ0v) is 13.7. The Morgan fingerprint density at radius 3 is 2.10 bits per heavy atom. The standard InChI is InChI=1S/C17H20BrN3/c18-17-10-16(11-19-12-17)14-21-8-6-20(7-9-21)13-15-4-2-1-3-5-15/h1-5,10-12H,6-9,13-14H2. The first-order valence-electron chi connectivity index (χ1n) is 7.38. The molecule has 0 bridgehead atoms. The molecule has 2 heterocycles. The number of halogens is 1. The van der Waals surface area contributed by atoms with Crippen LogP contribution in [0.4, 0.5) is 0 Å².